The number of aliphatic hydroxyl groups excluding tert-OH is 1. The van der Waals surface area contributed by atoms with Crippen LogP contribution in [-0.4, -0.2) is 22.7 Å². The number of halogens is 1. The van der Waals surface area contributed by atoms with Gasteiger partial charge in [-0.05, 0) is 5.92 Å². The van der Waals surface area contributed by atoms with Gasteiger partial charge < -0.3 is 9.84 Å². The summed E-state index contributed by atoms with van der Waals surface area (Å²) >= 11 is 2.12. The fourth-order valence-electron chi connectivity index (χ4n) is 0.175. The fourth-order valence-corrected chi connectivity index (χ4v) is 0.331. The van der Waals surface area contributed by atoms with Gasteiger partial charge in [0, 0.05) is 0 Å². The van der Waals surface area contributed by atoms with Gasteiger partial charge in [0.2, 0.25) is 0 Å². The summed E-state index contributed by atoms with van der Waals surface area (Å²) in [6.45, 7) is 0.347. The average Bonchev–Trinajstić information content (AvgIpc) is 1.81. The molecular weight excluding hydrogens is 219 g/mol. The van der Waals surface area contributed by atoms with E-state index in [1.54, 1.807) is 0 Å². The lowest BCUT2D eigenvalue weighted by Gasteiger charge is -1.87. The van der Waals surface area contributed by atoms with Crippen molar-refractivity contribution in [2.24, 2.45) is 0 Å². The Kier molecular flexibility index (Phi) is 7.09. The van der Waals surface area contributed by atoms with Crippen LogP contribution in [-0.2, 0) is 4.74 Å². The first-order chi connectivity index (χ1) is 3.91. The normalized spacial score (nSPS) is 7.25. The van der Waals surface area contributed by atoms with Gasteiger partial charge in [0.05, 0.1) is 11.0 Å². The van der Waals surface area contributed by atoms with E-state index in [-0.39, 0.29) is 6.61 Å². The van der Waals surface area contributed by atoms with Gasteiger partial charge >= 0.3 is 0 Å². The number of ether oxygens (including phenoxy) is 1. The van der Waals surface area contributed by atoms with Gasteiger partial charge in [0.15, 0.2) is 0 Å². The van der Waals surface area contributed by atoms with Gasteiger partial charge in [-0.25, -0.2) is 0 Å². The summed E-state index contributed by atoms with van der Waals surface area (Å²) in [7, 11) is 0. The molecule has 8 heavy (non-hydrogen) atoms. The Morgan fingerprint density at radius 3 is 2.88 bits per heavy atom. The van der Waals surface area contributed by atoms with Gasteiger partial charge in [-0.2, -0.15) is 0 Å². The minimum absolute atomic E-state index is 0.0376. The monoisotopic (exact) mass is 226 g/mol. The first-order valence-corrected chi connectivity index (χ1v) is 3.71. The molecule has 0 aromatic heterocycles. The number of aliphatic hydroxyl groups is 1. The molecule has 0 aliphatic heterocycles. The fraction of sp³-hybridized carbons (Fsp3) is 0.600. The molecule has 0 radical (unpaired) electrons. The largest absolute Gasteiger partial charge is 0.444 e. The van der Waals surface area contributed by atoms with E-state index in [0.717, 1.165) is 4.43 Å². The van der Waals surface area contributed by atoms with Gasteiger partial charge in [0.1, 0.15) is 12.7 Å². The van der Waals surface area contributed by atoms with Crippen molar-refractivity contribution >= 4 is 22.6 Å². The highest BCUT2D eigenvalue weighted by Crippen LogP contribution is 1.74. The molecule has 3 heteroatoms. The molecule has 1 N–H and O–H groups in total. The summed E-state index contributed by atoms with van der Waals surface area (Å²) in [6, 6.07) is 0. The molecule has 0 aromatic carbocycles. The quantitative estimate of drug-likeness (QED) is 0.319. The van der Waals surface area contributed by atoms with Crippen LogP contribution in [0.3, 0.4) is 0 Å². The molecule has 0 rings (SSSR count). The average molecular weight is 226 g/mol. The summed E-state index contributed by atoms with van der Waals surface area (Å²) in [6.07, 6.45) is 2.42. The third-order valence-corrected chi connectivity index (χ3v) is 0.786. The molecule has 0 aromatic rings. The Hall–Kier alpha value is 0.0500. The van der Waals surface area contributed by atoms with Crippen LogP contribution < -0.4 is 0 Å². The lowest BCUT2D eigenvalue weighted by atomic mass is 10.8. The zero-order valence-corrected chi connectivity index (χ0v) is 6.51. The molecule has 0 amide bonds. The van der Waals surface area contributed by atoms with Crippen molar-refractivity contribution in [2.75, 3.05) is 17.6 Å². The second kappa shape index (κ2) is 7.05. The standard InChI is InChI=1S/C5H7IO2/c6-2-1-4-8-5-3-7/h7H,2-3,5H2. The maximum Gasteiger partial charge on any atom is 0.123 e. The van der Waals surface area contributed by atoms with Gasteiger partial charge in [-0.1, -0.05) is 22.6 Å². The van der Waals surface area contributed by atoms with Crippen LogP contribution in [0.2, 0.25) is 0 Å². The number of rotatable bonds is 2. The van der Waals surface area contributed by atoms with E-state index in [4.69, 9.17) is 5.11 Å². The van der Waals surface area contributed by atoms with Crippen molar-refractivity contribution in [1.82, 2.24) is 0 Å². The van der Waals surface area contributed by atoms with Crippen molar-refractivity contribution in [3.63, 3.8) is 0 Å². The summed E-state index contributed by atoms with van der Waals surface area (Å²) in [5, 5.41) is 8.17. The summed E-state index contributed by atoms with van der Waals surface area (Å²) in [4.78, 5) is 0. The predicted molar refractivity (Wildman–Crippen MR) is 39.7 cm³/mol. The highest BCUT2D eigenvalue weighted by molar-refractivity contribution is 14.1. The summed E-state index contributed by atoms with van der Waals surface area (Å²) < 4.78 is 5.37. The molecule has 0 aliphatic rings. The molecule has 0 aliphatic carbocycles. The lowest BCUT2D eigenvalue weighted by Crippen LogP contribution is -1.92. The lowest BCUT2D eigenvalue weighted by molar-refractivity contribution is 0.180. The van der Waals surface area contributed by atoms with Crippen LogP contribution in [0.4, 0.5) is 0 Å². The number of alkyl halides is 1. The van der Waals surface area contributed by atoms with Crippen molar-refractivity contribution < 1.29 is 9.84 Å². The molecule has 0 fully saturated rings. The van der Waals surface area contributed by atoms with Crippen molar-refractivity contribution in [1.29, 1.82) is 0 Å². The van der Waals surface area contributed by atoms with Crippen LogP contribution in [0.25, 0.3) is 0 Å². The van der Waals surface area contributed by atoms with Gasteiger partial charge in [-0.15, -0.1) is 0 Å². The Morgan fingerprint density at radius 1 is 1.62 bits per heavy atom. The molecule has 0 saturated heterocycles. The van der Waals surface area contributed by atoms with Crippen molar-refractivity contribution in [3.05, 3.63) is 0 Å². The van der Waals surface area contributed by atoms with Crippen LogP contribution in [0.1, 0.15) is 0 Å². The molecule has 0 heterocycles. The number of hydrogen-bond donors (Lipinski definition) is 1. The van der Waals surface area contributed by atoms with E-state index >= 15 is 0 Å². The molecule has 0 saturated carbocycles. The van der Waals surface area contributed by atoms with Crippen molar-refractivity contribution in [2.45, 2.75) is 0 Å². The molecule has 46 valence electrons. The first-order valence-electron chi connectivity index (χ1n) is 2.18. The third kappa shape index (κ3) is 6.05. The number of hydrogen-bond acceptors (Lipinski definition) is 2. The van der Waals surface area contributed by atoms with Crippen LogP contribution >= 0.6 is 22.6 Å². The van der Waals surface area contributed by atoms with Crippen LogP contribution in [0, 0.1) is 12.0 Å². The van der Waals surface area contributed by atoms with E-state index in [2.05, 4.69) is 39.4 Å². The smallest absolute Gasteiger partial charge is 0.123 e. The van der Waals surface area contributed by atoms with Gasteiger partial charge in [-0.3, -0.25) is 0 Å². The zero-order chi connectivity index (χ0) is 6.24. The SMILES string of the molecule is OCCOC#CCI. The minimum Gasteiger partial charge on any atom is -0.444 e. The maximum atomic E-state index is 8.17. The van der Waals surface area contributed by atoms with E-state index < -0.39 is 0 Å². The van der Waals surface area contributed by atoms with E-state index in [9.17, 15) is 0 Å². The van der Waals surface area contributed by atoms with Gasteiger partial charge in [0.25, 0.3) is 0 Å². The van der Waals surface area contributed by atoms with E-state index in [1.165, 1.54) is 0 Å². The zero-order valence-electron chi connectivity index (χ0n) is 4.35. The third-order valence-electron chi connectivity index (χ3n) is 0.405. The minimum atomic E-state index is 0.0376. The molecule has 0 bridgehead atoms. The molecule has 0 unspecified atom stereocenters. The second-order valence-electron chi connectivity index (χ2n) is 0.985. The Balaban J connectivity index is 2.90. The highest BCUT2D eigenvalue weighted by Gasteiger charge is 1.72. The second-order valence-corrected chi connectivity index (χ2v) is 1.75. The Labute approximate surface area is 62.4 Å². The molecular formula is C5H7IO2. The molecule has 2 nitrogen and oxygen atoms in total. The summed E-state index contributed by atoms with van der Waals surface area (Å²) in [5.41, 5.74) is 0. The highest BCUT2D eigenvalue weighted by atomic mass is 127. The van der Waals surface area contributed by atoms with E-state index in [0.29, 0.717) is 6.61 Å². The topological polar surface area (TPSA) is 29.5 Å². The Morgan fingerprint density at radius 2 is 2.38 bits per heavy atom. The molecule has 0 spiro atoms. The maximum absolute atomic E-state index is 8.17. The van der Waals surface area contributed by atoms with Crippen LogP contribution in [0.5, 0.6) is 0 Å². The van der Waals surface area contributed by atoms with Crippen LogP contribution in [0.15, 0.2) is 0 Å². The summed E-state index contributed by atoms with van der Waals surface area (Å²) in [5.74, 6) is 2.69. The van der Waals surface area contributed by atoms with Crippen molar-refractivity contribution in [3.8, 4) is 12.0 Å². The van der Waals surface area contributed by atoms with E-state index in [1.807, 2.05) is 0 Å². The Bertz CT molecular complexity index is 92.3. The molecule has 0 atom stereocenters. The first kappa shape index (κ1) is 8.05. The predicted octanol–water partition coefficient (Wildman–Crippen LogP) is 0.391.